The van der Waals surface area contributed by atoms with Gasteiger partial charge >= 0.3 is 0 Å². The Balaban J connectivity index is 1.90. The van der Waals surface area contributed by atoms with Crippen molar-refractivity contribution in [3.63, 3.8) is 0 Å². The molecule has 1 N–H and O–H groups in total. The molecule has 0 saturated heterocycles. The zero-order valence-electron chi connectivity index (χ0n) is 15.9. The highest BCUT2D eigenvalue weighted by Gasteiger charge is 2.19. The lowest BCUT2D eigenvalue weighted by Gasteiger charge is -2.20. The van der Waals surface area contributed by atoms with Crippen LogP contribution in [0.1, 0.15) is 23.1 Å². The van der Waals surface area contributed by atoms with Crippen LogP contribution in [0.4, 0.5) is 0 Å². The van der Waals surface area contributed by atoms with Gasteiger partial charge in [0.15, 0.2) is 0 Å². The fraction of sp³-hybridized carbons (Fsp3) is 0.350. The molecule has 6 nitrogen and oxygen atoms in total. The number of carbonyl (C=O) groups is 1. The number of nitrogens with zero attached hydrogens (tertiary/aromatic N) is 1. The van der Waals surface area contributed by atoms with Crippen LogP contribution >= 0.6 is 0 Å². The Labute approximate surface area is 161 Å². The molecule has 0 bridgehead atoms. The lowest BCUT2D eigenvalue weighted by Crippen LogP contribution is -2.34. The van der Waals surface area contributed by atoms with Crippen molar-refractivity contribution < 1.29 is 17.9 Å². The second-order valence-corrected chi connectivity index (χ2v) is 8.38. The van der Waals surface area contributed by atoms with Gasteiger partial charge in [-0.3, -0.25) is 4.79 Å². The number of rotatable bonds is 9. The summed E-state index contributed by atoms with van der Waals surface area (Å²) in [6, 6.07) is 15.0. The van der Waals surface area contributed by atoms with Gasteiger partial charge in [0, 0.05) is 26.1 Å². The van der Waals surface area contributed by atoms with Gasteiger partial charge in [0.1, 0.15) is 5.75 Å². The van der Waals surface area contributed by atoms with Crippen molar-refractivity contribution in [2.45, 2.75) is 26.4 Å². The Morgan fingerprint density at radius 2 is 1.78 bits per heavy atom. The number of methoxy groups -OCH3 is 1. The predicted molar refractivity (Wildman–Crippen MR) is 106 cm³/mol. The largest absolute Gasteiger partial charge is 0.497 e. The Bertz CT molecular complexity index is 864. The van der Waals surface area contributed by atoms with Crippen LogP contribution in [0, 0.1) is 6.92 Å². The molecule has 2 aromatic rings. The van der Waals surface area contributed by atoms with Crippen LogP contribution in [-0.4, -0.2) is 38.5 Å². The fourth-order valence-electron chi connectivity index (χ4n) is 2.60. The maximum Gasteiger partial charge on any atom is 0.221 e. The molecule has 0 aliphatic rings. The second-order valence-electron chi connectivity index (χ2n) is 6.40. The SMILES string of the molecule is COc1ccc(CNC(=O)CCN(Cc2ccccc2C)S(C)(=O)=O)cc1. The molecule has 146 valence electrons. The Morgan fingerprint density at radius 1 is 1.11 bits per heavy atom. The number of hydrogen-bond acceptors (Lipinski definition) is 4. The highest BCUT2D eigenvalue weighted by Crippen LogP contribution is 2.14. The lowest BCUT2D eigenvalue weighted by molar-refractivity contribution is -0.121. The van der Waals surface area contributed by atoms with E-state index < -0.39 is 10.0 Å². The average molecular weight is 391 g/mol. The first-order valence-corrected chi connectivity index (χ1v) is 10.5. The third-order valence-electron chi connectivity index (χ3n) is 4.31. The fourth-order valence-corrected chi connectivity index (χ4v) is 3.39. The van der Waals surface area contributed by atoms with Gasteiger partial charge in [-0.05, 0) is 35.7 Å². The monoisotopic (exact) mass is 390 g/mol. The van der Waals surface area contributed by atoms with Gasteiger partial charge in [-0.1, -0.05) is 36.4 Å². The molecule has 1 amide bonds. The standard InChI is InChI=1S/C20H26N2O4S/c1-16-6-4-5-7-18(16)15-22(27(3,24)25)13-12-20(23)21-14-17-8-10-19(26-2)11-9-17/h4-11H,12-15H2,1-3H3,(H,21,23). The van der Waals surface area contributed by atoms with Crippen molar-refractivity contribution in [3.05, 3.63) is 65.2 Å². The molecule has 2 aromatic carbocycles. The summed E-state index contributed by atoms with van der Waals surface area (Å²) >= 11 is 0. The van der Waals surface area contributed by atoms with Crippen molar-refractivity contribution >= 4 is 15.9 Å². The van der Waals surface area contributed by atoms with Crippen LogP contribution in [0.25, 0.3) is 0 Å². The van der Waals surface area contributed by atoms with Gasteiger partial charge in [0.05, 0.1) is 13.4 Å². The molecule has 0 aliphatic heterocycles. The number of aryl methyl sites for hydroxylation is 1. The highest BCUT2D eigenvalue weighted by molar-refractivity contribution is 7.88. The van der Waals surface area contributed by atoms with Crippen LogP contribution in [0.3, 0.4) is 0 Å². The summed E-state index contributed by atoms with van der Waals surface area (Å²) in [6.07, 6.45) is 1.27. The summed E-state index contributed by atoms with van der Waals surface area (Å²) in [5.41, 5.74) is 2.90. The van der Waals surface area contributed by atoms with Crippen molar-refractivity contribution in [2.75, 3.05) is 19.9 Å². The Morgan fingerprint density at radius 3 is 2.37 bits per heavy atom. The lowest BCUT2D eigenvalue weighted by atomic mass is 10.1. The minimum absolute atomic E-state index is 0.106. The number of ether oxygens (including phenoxy) is 1. The molecule has 2 rings (SSSR count). The first kappa shape index (κ1) is 20.9. The molecule has 0 unspecified atom stereocenters. The maximum absolute atomic E-state index is 12.1. The van der Waals surface area contributed by atoms with Crippen LogP contribution in [0.2, 0.25) is 0 Å². The zero-order valence-corrected chi connectivity index (χ0v) is 16.8. The number of amides is 1. The average Bonchev–Trinajstić information content (AvgIpc) is 2.64. The number of sulfonamides is 1. The summed E-state index contributed by atoms with van der Waals surface area (Å²) in [5, 5.41) is 2.82. The Kier molecular flexibility index (Phi) is 7.38. The van der Waals surface area contributed by atoms with Crippen LogP contribution in [-0.2, 0) is 27.9 Å². The van der Waals surface area contributed by atoms with E-state index in [2.05, 4.69) is 5.32 Å². The normalized spacial score (nSPS) is 11.4. The summed E-state index contributed by atoms with van der Waals surface area (Å²) in [5.74, 6) is 0.564. The predicted octanol–water partition coefficient (Wildman–Crippen LogP) is 2.47. The minimum Gasteiger partial charge on any atom is -0.497 e. The van der Waals surface area contributed by atoms with E-state index in [1.165, 1.54) is 10.6 Å². The first-order valence-electron chi connectivity index (χ1n) is 8.69. The highest BCUT2D eigenvalue weighted by atomic mass is 32.2. The van der Waals surface area contributed by atoms with Gasteiger partial charge in [-0.15, -0.1) is 0 Å². The van der Waals surface area contributed by atoms with Crippen molar-refractivity contribution in [1.82, 2.24) is 9.62 Å². The van der Waals surface area contributed by atoms with Crippen LogP contribution in [0.15, 0.2) is 48.5 Å². The molecule has 0 saturated carbocycles. The molecule has 27 heavy (non-hydrogen) atoms. The first-order chi connectivity index (χ1) is 12.8. The third-order valence-corrected chi connectivity index (χ3v) is 5.56. The number of benzene rings is 2. The number of hydrogen-bond donors (Lipinski definition) is 1. The zero-order chi connectivity index (χ0) is 19.9. The molecule has 0 spiro atoms. The molecule has 0 heterocycles. The molecule has 0 aromatic heterocycles. The van der Waals surface area contributed by atoms with Crippen molar-refractivity contribution in [3.8, 4) is 5.75 Å². The molecule has 0 aliphatic carbocycles. The maximum atomic E-state index is 12.1. The molecular weight excluding hydrogens is 364 g/mol. The molecule has 7 heteroatoms. The van der Waals surface area contributed by atoms with E-state index in [1.807, 2.05) is 55.5 Å². The van der Waals surface area contributed by atoms with E-state index in [0.29, 0.717) is 6.54 Å². The molecule has 0 fully saturated rings. The van der Waals surface area contributed by atoms with E-state index in [1.54, 1.807) is 7.11 Å². The van der Waals surface area contributed by atoms with Crippen molar-refractivity contribution in [1.29, 1.82) is 0 Å². The minimum atomic E-state index is -3.41. The summed E-state index contributed by atoms with van der Waals surface area (Å²) in [4.78, 5) is 12.1. The molecular formula is C20H26N2O4S. The van der Waals surface area contributed by atoms with E-state index in [-0.39, 0.29) is 25.4 Å². The summed E-state index contributed by atoms with van der Waals surface area (Å²) < 4.78 is 30.6. The van der Waals surface area contributed by atoms with Gasteiger partial charge in [-0.25, -0.2) is 8.42 Å². The van der Waals surface area contributed by atoms with Gasteiger partial charge in [0.2, 0.25) is 15.9 Å². The van der Waals surface area contributed by atoms with Gasteiger partial charge in [-0.2, -0.15) is 4.31 Å². The topological polar surface area (TPSA) is 75.7 Å². The van der Waals surface area contributed by atoms with Crippen LogP contribution in [0.5, 0.6) is 5.75 Å². The second kappa shape index (κ2) is 9.53. The van der Waals surface area contributed by atoms with Crippen LogP contribution < -0.4 is 10.1 Å². The van der Waals surface area contributed by atoms with Gasteiger partial charge in [0.25, 0.3) is 0 Å². The summed E-state index contributed by atoms with van der Waals surface area (Å²) in [6.45, 7) is 2.73. The van der Waals surface area contributed by atoms with Crippen molar-refractivity contribution in [2.24, 2.45) is 0 Å². The molecule has 0 radical (unpaired) electrons. The third kappa shape index (κ3) is 6.69. The smallest absolute Gasteiger partial charge is 0.221 e. The van der Waals surface area contributed by atoms with Gasteiger partial charge < -0.3 is 10.1 Å². The number of carbonyl (C=O) groups excluding carboxylic acids is 1. The molecule has 0 atom stereocenters. The van der Waals surface area contributed by atoms with E-state index in [9.17, 15) is 13.2 Å². The quantitative estimate of drug-likeness (QED) is 0.714. The van der Waals surface area contributed by atoms with E-state index in [0.717, 1.165) is 22.4 Å². The van der Waals surface area contributed by atoms with E-state index >= 15 is 0 Å². The summed E-state index contributed by atoms with van der Waals surface area (Å²) in [7, 11) is -1.81. The Hall–Kier alpha value is -2.38. The van der Waals surface area contributed by atoms with E-state index in [4.69, 9.17) is 4.74 Å². The number of nitrogens with one attached hydrogen (secondary N) is 1.